The molecule has 2 heteroatoms. The zero-order valence-electron chi connectivity index (χ0n) is 6.68. The lowest BCUT2D eigenvalue weighted by Gasteiger charge is -1.97. The van der Waals surface area contributed by atoms with Gasteiger partial charge in [0.25, 0.3) is 0 Å². The summed E-state index contributed by atoms with van der Waals surface area (Å²) >= 11 is 3.40. The SMILES string of the molecule is NCC#Cc1ccccc1CBr. The average molecular weight is 224 g/mol. The molecule has 62 valence electrons. The van der Waals surface area contributed by atoms with Gasteiger partial charge in [-0.25, -0.2) is 0 Å². The van der Waals surface area contributed by atoms with E-state index in [-0.39, 0.29) is 0 Å². The quantitative estimate of drug-likeness (QED) is 0.572. The molecule has 12 heavy (non-hydrogen) atoms. The Kier molecular flexibility index (Phi) is 3.86. The second-order valence-electron chi connectivity index (χ2n) is 2.30. The Morgan fingerprint density at radius 1 is 1.33 bits per heavy atom. The van der Waals surface area contributed by atoms with Crippen LogP contribution in [0.4, 0.5) is 0 Å². The predicted molar refractivity (Wildman–Crippen MR) is 55.0 cm³/mol. The van der Waals surface area contributed by atoms with E-state index in [0.29, 0.717) is 6.54 Å². The second-order valence-corrected chi connectivity index (χ2v) is 2.86. The Hall–Kier alpha value is -0.780. The highest BCUT2D eigenvalue weighted by atomic mass is 79.9. The van der Waals surface area contributed by atoms with Gasteiger partial charge in [0.05, 0.1) is 6.54 Å². The van der Waals surface area contributed by atoms with Crippen LogP contribution in [0.3, 0.4) is 0 Å². The fraction of sp³-hybridized carbons (Fsp3) is 0.200. The second kappa shape index (κ2) is 4.97. The topological polar surface area (TPSA) is 26.0 Å². The molecule has 0 heterocycles. The van der Waals surface area contributed by atoms with E-state index in [2.05, 4.69) is 33.8 Å². The van der Waals surface area contributed by atoms with E-state index in [9.17, 15) is 0 Å². The Labute approximate surface area is 81.1 Å². The van der Waals surface area contributed by atoms with E-state index in [1.807, 2.05) is 18.2 Å². The summed E-state index contributed by atoms with van der Waals surface area (Å²) in [5.41, 5.74) is 7.54. The Morgan fingerprint density at radius 3 is 2.75 bits per heavy atom. The summed E-state index contributed by atoms with van der Waals surface area (Å²) in [7, 11) is 0. The molecule has 0 aliphatic rings. The highest BCUT2D eigenvalue weighted by Gasteiger charge is 1.94. The largest absolute Gasteiger partial charge is 0.320 e. The first-order chi connectivity index (χ1) is 5.88. The highest BCUT2D eigenvalue weighted by molar-refractivity contribution is 9.08. The molecule has 0 unspecified atom stereocenters. The van der Waals surface area contributed by atoms with Crippen molar-refractivity contribution in [3.8, 4) is 11.8 Å². The number of hydrogen-bond acceptors (Lipinski definition) is 1. The van der Waals surface area contributed by atoms with Gasteiger partial charge in [0.2, 0.25) is 0 Å². The number of alkyl halides is 1. The van der Waals surface area contributed by atoms with Gasteiger partial charge < -0.3 is 5.73 Å². The maximum atomic E-state index is 5.28. The van der Waals surface area contributed by atoms with Crippen molar-refractivity contribution >= 4 is 15.9 Å². The first kappa shape index (κ1) is 9.31. The number of hydrogen-bond donors (Lipinski definition) is 1. The van der Waals surface area contributed by atoms with E-state index in [4.69, 9.17) is 5.73 Å². The molecule has 0 amide bonds. The predicted octanol–water partition coefficient (Wildman–Crippen LogP) is 1.89. The van der Waals surface area contributed by atoms with Crippen LogP contribution in [0.1, 0.15) is 11.1 Å². The lowest BCUT2D eigenvalue weighted by Crippen LogP contribution is -1.93. The first-order valence-corrected chi connectivity index (χ1v) is 4.83. The van der Waals surface area contributed by atoms with Gasteiger partial charge in [0.1, 0.15) is 0 Å². The summed E-state index contributed by atoms with van der Waals surface area (Å²) < 4.78 is 0. The molecule has 1 aromatic carbocycles. The van der Waals surface area contributed by atoms with Gasteiger partial charge in [-0.15, -0.1) is 0 Å². The molecule has 0 atom stereocenters. The van der Waals surface area contributed by atoms with Crippen LogP contribution in [0, 0.1) is 11.8 Å². The Bertz CT molecular complexity index is 309. The van der Waals surface area contributed by atoms with Gasteiger partial charge in [-0.3, -0.25) is 0 Å². The van der Waals surface area contributed by atoms with Crippen molar-refractivity contribution in [3.05, 3.63) is 35.4 Å². The van der Waals surface area contributed by atoms with E-state index in [1.54, 1.807) is 0 Å². The third kappa shape index (κ3) is 2.37. The van der Waals surface area contributed by atoms with Crippen LogP contribution in [-0.2, 0) is 5.33 Å². The van der Waals surface area contributed by atoms with Crippen LogP contribution < -0.4 is 5.73 Å². The third-order valence-corrected chi connectivity index (χ3v) is 2.09. The van der Waals surface area contributed by atoms with E-state index < -0.39 is 0 Å². The maximum absolute atomic E-state index is 5.28. The number of halogens is 1. The lowest BCUT2D eigenvalue weighted by atomic mass is 10.1. The minimum absolute atomic E-state index is 0.413. The number of rotatable bonds is 1. The monoisotopic (exact) mass is 223 g/mol. The zero-order chi connectivity index (χ0) is 8.81. The molecular formula is C10H10BrN. The van der Waals surface area contributed by atoms with Crippen LogP contribution >= 0.6 is 15.9 Å². The average Bonchev–Trinajstić information content (AvgIpc) is 2.15. The maximum Gasteiger partial charge on any atom is 0.0555 e. The third-order valence-electron chi connectivity index (χ3n) is 1.49. The minimum Gasteiger partial charge on any atom is -0.320 e. The zero-order valence-corrected chi connectivity index (χ0v) is 8.26. The number of benzene rings is 1. The van der Waals surface area contributed by atoms with Gasteiger partial charge >= 0.3 is 0 Å². The summed E-state index contributed by atoms with van der Waals surface area (Å²) in [6.45, 7) is 0.413. The smallest absolute Gasteiger partial charge is 0.0555 e. The van der Waals surface area contributed by atoms with Crippen LogP contribution in [0.15, 0.2) is 24.3 Å². The fourth-order valence-electron chi connectivity index (χ4n) is 0.905. The molecule has 1 nitrogen and oxygen atoms in total. The van der Waals surface area contributed by atoms with E-state index >= 15 is 0 Å². The molecule has 0 fully saturated rings. The van der Waals surface area contributed by atoms with Crippen molar-refractivity contribution < 1.29 is 0 Å². The van der Waals surface area contributed by atoms with E-state index in [0.717, 1.165) is 10.9 Å². The van der Waals surface area contributed by atoms with Crippen molar-refractivity contribution in [2.24, 2.45) is 5.73 Å². The van der Waals surface area contributed by atoms with Crippen LogP contribution in [0.5, 0.6) is 0 Å². The van der Waals surface area contributed by atoms with Gasteiger partial charge in [0, 0.05) is 10.9 Å². The molecule has 0 aliphatic heterocycles. The van der Waals surface area contributed by atoms with Crippen LogP contribution in [0.2, 0.25) is 0 Å². The standard InChI is InChI=1S/C10H10BrN/c11-8-10-5-2-1-4-9(10)6-3-7-12/h1-2,4-5H,7-8,12H2. The van der Waals surface area contributed by atoms with Gasteiger partial charge in [-0.1, -0.05) is 46.0 Å². The van der Waals surface area contributed by atoms with Crippen molar-refractivity contribution in [1.29, 1.82) is 0 Å². The molecule has 0 saturated heterocycles. The van der Waals surface area contributed by atoms with Crippen molar-refractivity contribution in [2.75, 3.05) is 6.54 Å². The highest BCUT2D eigenvalue weighted by Crippen LogP contribution is 2.10. The van der Waals surface area contributed by atoms with Crippen LogP contribution in [-0.4, -0.2) is 6.54 Å². The van der Waals surface area contributed by atoms with Gasteiger partial charge in [-0.2, -0.15) is 0 Å². The van der Waals surface area contributed by atoms with Crippen LogP contribution in [0.25, 0.3) is 0 Å². The summed E-state index contributed by atoms with van der Waals surface area (Å²) in [6.07, 6.45) is 0. The molecule has 2 N–H and O–H groups in total. The van der Waals surface area contributed by atoms with Crippen molar-refractivity contribution in [3.63, 3.8) is 0 Å². The van der Waals surface area contributed by atoms with Crippen molar-refractivity contribution in [2.45, 2.75) is 5.33 Å². The molecule has 1 aromatic rings. The minimum atomic E-state index is 0.413. The Morgan fingerprint density at radius 2 is 2.08 bits per heavy atom. The molecule has 0 bridgehead atoms. The normalized spacial score (nSPS) is 8.83. The summed E-state index contributed by atoms with van der Waals surface area (Å²) in [6, 6.07) is 8.03. The van der Waals surface area contributed by atoms with Crippen molar-refractivity contribution in [1.82, 2.24) is 0 Å². The summed E-state index contributed by atoms with van der Waals surface area (Å²) in [5, 5.41) is 0.836. The molecular weight excluding hydrogens is 214 g/mol. The Balaban J connectivity index is 2.97. The molecule has 0 aliphatic carbocycles. The molecule has 0 saturated carbocycles. The van der Waals surface area contributed by atoms with Gasteiger partial charge in [0.15, 0.2) is 0 Å². The molecule has 1 rings (SSSR count). The van der Waals surface area contributed by atoms with Gasteiger partial charge in [-0.05, 0) is 11.6 Å². The number of nitrogens with two attached hydrogens (primary N) is 1. The first-order valence-electron chi connectivity index (χ1n) is 3.71. The molecule has 0 spiro atoms. The molecule has 0 radical (unpaired) electrons. The molecule has 0 aromatic heterocycles. The summed E-state index contributed by atoms with van der Waals surface area (Å²) in [4.78, 5) is 0. The van der Waals surface area contributed by atoms with E-state index in [1.165, 1.54) is 5.56 Å². The summed E-state index contributed by atoms with van der Waals surface area (Å²) in [5.74, 6) is 5.86. The fourth-order valence-corrected chi connectivity index (χ4v) is 1.39. The lowest BCUT2D eigenvalue weighted by molar-refractivity contribution is 1.30.